The highest BCUT2D eigenvalue weighted by Gasteiger charge is 2.15. The molecule has 1 aromatic heterocycles. The van der Waals surface area contributed by atoms with Gasteiger partial charge in [0.05, 0.1) is 6.20 Å². The lowest BCUT2D eigenvalue weighted by atomic mass is 10.5. The molecule has 0 saturated carbocycles. The number of halogens is 2. The molecule has 0 unspecified atom stereocenters. The second-order valence-electron chi connectivity index (χ2n) is 2.01. The smallest absolute Gasteiger partial charge is 0.319 e. The first-order valence-corrected chi connectivity index (χ1v) is 3.12. The van der Waals surface area contributed by atoms with Gasteiger partial charge in [-0.05, 0) is 6.07 Å². The molecule has 66 valence electrons. The topological polar surface area (TPSA) is 44.1 Å². The Hall–Kier alpha value is -1.46. The summed E-state index contributed by atoms with van der Waals surface area (Å²) < 4.78 is 24.1. The van der Waals surface area contributed by atoms with Crippen molar-refractivity contribution < 1.29 is 18.4 Å². The Kier molecular flexibility index (Phi) is 2.37. The summed E-state index contributed by atoms with van der Waals surface area (Å²) in [5, 5.41) is 3.37. The zero-order chi connectivity index (χ0) is 9.14. The van der Waals surface area contributed by atoms with E-state index in [1.807, 2.05) is 0 Å². The quantitative estimate of drug-likeness (QED) is 0.669. The van der Waals surface area contributed by atoms with Crippen LogP contribution in [0.2, 0.25) is 0 Å². The van der Waals surface area contributed by atoms with E-state index < -0.39 is 18.1 Å². The molecular formula is C6H6F2N2O2. The molecule has 4 nitrogen and oxygen atoms in total. The summed E-state index contributed by atoms with van der Waals surface area (Å²) in [6, 6.07) is 1.08. The van der Waals surface area contributed by atoms with Gasteiger partial charge in [0.1, 0.15) is 5.69 Å². The lowest BCUT2D eigenvalue weighted by Crippen LogP contribution is -2.20. The highest BCUT2D eigenvalue weighted by atomic mass is 19.3. The molecule has 0 bridgehead atoms. The number of hydrogen-bond acceptors (Lipinski definition) is 3. The molecule has 1 heterocycles. The maximum atomic E-state index is 12.1. The van der Waals surface area contributed by atoms with Crippen LogP contribution in [0.3, 0.4) is 0 Å². The fraction of sp³-hybridized carbons (Fsp3) is 0.333. The Bertz CT molecular complexity index is 285. The molecule has 6 heteroatoms. The first-order valence-electron chi connectivity index (χ1n) is 3.12. The van der Waals surface area contributed by atoms with E-state index in [1.54, 1.807) is 0 Å². The predicted molar refractivity (Wildman–Crippen MR) is 34.4 cm³/mol. The van der Waals surface area contributed by atoms with Gasteiger partial charge in [-0.25, -0.2) is 13.6 Å². The average molecular weight is 176 g/mol. The number of rotatable bonds is 2. The van der Waals surface area contributed by atoms with Crippen LogP contribution in [0.4, 0.5) is 8.78 Å². The molecule has 0 fully saturated rings. The largest absolute Gasteiger partial charge is 0.331 e. The van der Waals surface area contributed by atoms with E-state index in [0.29, 0.717) is 4.85 Å². The molecule has 0 aliphatic heterocycles. The number of alkyl halides is 2. The Morgan fingerprint density at radius 3 is 2.92 bits per heavy atom. The van der Waals surface area contributed by atoms with Crippen molar-refractivity contribution in [2.24, 2.45) is 0 Å². The van der Waals surface area contributed by atoms with E-state index in [1.165, 1.54) is 0 Å². The third kappa shape index (κ3) is 1.77. The third-order valence-electron chi connectivity index (χ3n) is 1.08. The molecule has 0 atom stereocenters. The lowest BCUT2D eigenvalue weighted by molar-refractivity contribution is -0.144. The fourth-order valence-electron chi connectivity index (χ4n) is 0.655. The predicted octanol–water partition coefficient (Wildman–Crippen LogP) is 0.796. The Balaban J connectivity index is 2.84. The van der Waals surface area contributed by atoms with Crippen molar-refractivity contribution in [1.82, 2.24) is 9.94 Å². The van der Waals surface area contributed by atoms with E-state index in [2.05, 4.69) is 9.94 Å². The zero-order valence-corrected chi connectivity index (χ0v) is 6.20. The van der Waals surface area contributed by atoms with Crippen LogP contribution in [0.25, 0.3) is 0 Å². The average Bonchev–Trinajstić information content (AvgIpc) is 2.33. The van der Waals surface area contributed by atoms with Crippen LogP contribution in [-0.4, -0.2) is 15.9 Å². The normalized spacial score (nSPS) is 10.3. The van der Waals surface area contributed by atoms with Crippen molar-refractivity contribution >= 4 is 5.97 Å². The molecule has 0 N–H and O–H groups in total. The van der Waals surface area contributed by atoms with Gasteiger partial charge in [-0.2, -0.15) is 0 Å². The molecule has 0 aromatic carbocycles. The summed E-state index contributed by atoms with van der Waals surface area (Å²) in [5.74, 6) is -0.694. The van der Waals surface area contributed by atoms with E-state index in [-0.39, 0.29) is 0 Å². The zero-order valence-electron chi connectivity index (χ0n) is 6.20. The van der Waals surface area contributed by atoms with E-state index in [4.69, 9.17) is 0 Å². The molecule has 0 spiro atoms. The number of carbonyl (C=O) groups excluding carboxylic acids is 1. The highest BCUT2D eigenvalue weighted by Crippen LogP contribution is 2.16. The van der Waals surface area contributed by atoms with E-state index in [0.717, 1.165) is 19.2 Å². The number of hydrogen-bond donors (Lipinski definition) is 0. The van der Waals surface area contributed by atoms with Gasteiger partial charge in [-0.1, -0.05) is 4.85 Å². The first-order chi connectivity index (χ1) is 5.61. The Labute approximate surface area is 66.7 Å². The maximum absolute atomic E-state index is 12.1. The van der Waals surface area contributed by atoms with Crippen LogP contribution in [0.1, 0.15) is 19.0 Å². The van der Waals surface area contributed by atoms with Gasteiger partial charge < -0.3 is 4.84 Å². The van der Waals surface area contributed by atoms with Gasteiger partial charge in [0.2, 0.25) is 0 Å². The summed E-state index contributed by atoms with van der Waals surface area (Å²) >= 11 is 0. The molecule has 0 radical (unpaired) electrons. The van der Waals surface area contributed by atoms with Crippen LogP contribution in [-0.2, 0) is 4.79 Å². The van der Waals surface area contributed by atoms with Crippen molar-refractivity contribution in [3.05, 3.63) is 18.0 Å². The minimum atomic E-state index is -2.70. The van der Waals surface area contributed by atoms with Gasteiger partial charge in [0, 0.05) is 6.92 Å². The third-order valence-corrected chi connectivity index (χ3v) is 1.08. The molecule has 0 aliphatic rings. The molecule has 1 rings (SSSR count). The first kappa shape index (κ1) is 8.63. The minimum Gasteiger partial charge on any atom is -0.319 e. The van der Waals surface area contributed by atoms with Crippen LogP contribution in [0.15, 0.2) is 12.3 Å². The molecule has 12 heavy (non-hydrogen) atoms. The molecule has 1 aromatic rings. The van der Waals surface area contributed by atoms with Crippen molar-refractivity contribution in [2.75, 3.05) is 0 Å². The highest BCUT2D eigenvalue weighted by molar-refractivity contribution is 5.66. The summed E-state index contributed by atoms with van der Waals surface area (Å²) in [6.45, 7) is 1.11. The maximum Gasteiger partial charge on any atom is 0.331 e. The summed E-state index contributed by atoms with van der Waals surface area (Å²) in [7, 11) is 0. The SMILES string of the molecule is CC(=O)On1nccc1C(F)F. The van der Waals surface area contributed by atoms with Crippen molar-refractivity contribution in [3.63, 3.8) is 0 Å². The van der Waals surface area contributed by atoms with Gasteiger partial charge in [0.15, 0.2) is 0 Å². The fourth-order valence-corrected chi connectivity index (χ4v) is 0.655. The van der Waals surface area contributed by atoms with Crippen molar-refractivity contribution in [3.8, 4) is 0 Å². The van der Waals surface area contributed by atoms with Crippen molar-refractivity contribution in [1.29, 1.82) is 0 Å². The van der Waals surface area contributed by atoms with E-state index >= 15 is 0 Å². The van der Waals surface area contributed by atoms with E-state index in [9.17, 15) is 13.6 Å². The second-order valence-corrected chi connectivity index (χ2v) is 2.01. The molecular weight excluding hydrogens is 170 g/mol. The molecule has 0 amide bonds. The minimum absolute atomic E-state index is 0.440. The monoisotopic (exact) mass is 176 g/mol. The van der Waals surface area contributed by atoms with Gasteiger partial charge in [-0.15, -0.1) is 5.10 Å². The van der Waals surface area contributed by atoms with Crippen LogP contribution < -0.4 is 4.84 Å². The van der Waals surface area contributed by atoms with Gasteiger partial charge in [-0.3, -0.25) is 0 Å². The van der Waals surface area contributed by atoms with Gasteiger partial charge >= 0.3 is 5.97 Å². The summed E-state index contributed by atoms with van der Waals surface area (Å²) in [5.41, 5.74) is -0.440. The summed E-state index contributed by atoms with van der Waals surface area (Å²) in [6.07, 6.45) is -1.57. The lowest BCUT2D eigenvalue weighted by Gasteiger charge is -2.03. The Morgan fingerprint density at radius 1 is 1.75 bits per heavy atom. The number of nitrogens with zero attached hydrogens (tertiary/aromatic N) is 2. The number of carbonyl (C=O) groups is 1. The number of aromatic nitrogens is 2. The van der Waals surface area contributed by atoms with Crippen LogP contribution in [0, 0.1) is 0 Å². The van der Waals surface area contributed by atoms with Crippen LogP contribution >= 0.6 is 0 Å². The van der Waals surface area contributed by atoms with Crippen LogP contribution in [0.5, 0.6) is 0 Å². The summed E-state index contributed by atoms with van der Waals surface area (Å²) in [4.78, 5) is 15.2. The molecule has 0 aliphatic carbocycles. The second kappa shape index (κ2) is 3.29. The van der Waals surface area contributed by atoms with Crippen molar-refractivity contribution in [2.45, 2.75) is 13.3 Å². The Morgan fingerprint density at radius 2 is 2.42 bits per heavy atom. The standard InChI is InChI=1S/C6H6F2N2O2/c1-4(11)12-10-5(6(7)8)2-3-9-10/h2-3,6H,1H3. The molecule has 0 saturated heterocycles. The van der Waals surface area contributed by atoms with Gasteiger partial charge in [0.25, 0.3) is 6.43 Å².